The number of carbonyl (C=O) groups is 1. The number of rotatable bonds is 2. The number of benzene rings is 1. The molecule has 0 aliphatic carbocycles. The van der Waals surface area contributed by atoms with Crippen LogP contribution in [0.5, 0.6) is 0 Å². The molecule has 0 spiro atoms. The minimum atomic E-state index is -0.00744. The van der Waals surface area contributed by atoms with Crippen LogP contribution in [0.1, 0.15) is 23.4 Å². The molecule has 1 aromatic heterocycles. The second-order valence-electron chi connectivity index (χ2n) is 7.66. The van der Waals surface area contributed by atoms with Gasteiger partial charge in [0, 0.05) is 18.0 Å². The van der Waals surface area contributed by atoms with Crippen LogP contribution in [-0.2, 0) is 4.79 Å². The third-order valence-corrected chi connectivity index (χ3v) is 6.63. The summed E-state index contributed by atoms with van der Waals surface area (Å²) < 4.78 is 1.15. The van der Waals surface area contributed by atoms with Gasteiger partial charge in [0.2, 0.25) is 0 Å². The smallest absolute Gasteiger partial charge is 0.255 e. The Bertz CT molecular complexity index is 1130. The Morgan fingerprint density at radius 3 is 2.90 bits per heavy atom. The van der Waals surface area contributed by atoms with Crippen LogP contribution in [0.25, 0.3) is 15.8 Å². The predicted molar refractivity (Wildman–Crippen MR) is 119 cm³/mol. The van der Waals surface area contributed by atoms with Gasteiger partial charge < -0.3 is 5.32 Å². The Balaban J connectivity index is 1.48. The highest BCUT2D eigenvalue weighted by Gasteiger charge is 2.23. The van der Waals surface area contributed by atoms with Gasteiger partial charge in [0.1, 0.15) is 0 Å². The van der Waals surface area contributed by atoms with Gasteiger partial charge in [-0.25, -0.2) is 4.98 Å². The fourth-order valence-electron chi connectivity index (χ4n) is 4.15. The van der Waals surface area contributed by atoms with Crippen LogP contribution in [0.2, 0.25) is 0 Å². The Morgan fingerprint density at radius 2 is 2.03 bits per heavy atom. The van der Waals surface area contributed by atoms with Crippen molar-refractivity contribution >= 4 is 33.0 Å². The fraction of sp³-hybridized carbons (Fsp3) is 0.250. The first-order valence-electron chi connectivity index (χ1n) is 10.1. The zero-order valence-electron chi connectivity index (χ0n) is 16.4. The van der Waals surface area contributed by atoms with Crippen molar-refractivity contribution in [3.8, 4) is 0 Å². The van der Waals surface area contributed by atoms with Crippen LogP contribution in [0.15, 0.2) is 72.1 Å². The number of fused-ring (bicyclic) bond motifs is 2. The molecular weight excluding hydrogens is 378 g/mol. The normalized spacial score (nSPS) is 21.9. The Labute approximate surface area is 174 Å². The number of piperidine rings is 1. The van der Waals surface area contributed by atoms with E-state index in [4.69, 9.17) is 0 Å². The third kappa shape index (κ3) is 3.63. The quantitative estimate of drug-likeness (QED) is 0.792. The van der Waals surface area contributed by atoms with E-state index in [9.17, 15) is 4.79 Å². The fourth-order valence-corrected chi connectivity index (χ4v) is 5.02. The number of hydrogen-bond donors (Lipinski definition) is 1. The third-order valence-electron chi connectivity index (χ3n) is 5.70. The lowest BCUT2D eigenvalue weighted by Crippen LogP contribution is -2.31. The van der Waals surface area contributed by atoms with E-state index in [0.717, 1.165) is 58.0 Å². The molecule has 1 saturated heterocycles. The molecule has 2 aromatic rings. The monoisotopic (exact) mass is 401 g/mol. The van der Waals surface area contributed by atoms with E-state index < -0.39 is 0 Å². The molecule has 3 aliphatic rings. The minimum Gasteiger partial charge on any atom is -0.317 e. The number of carbonyl (C=O) groups excluding carboxylic acids is 1. The average Bonchev–Trinajstić information content (AvgIpc) is 3.11. The summed E-state index contributed by atoms with van der Waals surface area (Å²) in [5.41, 5.74) is 5.13. The number of aryl methyl sites for hydroxylation is 1. The molecule has 0 saturated carbocycles. The van der Waals surface area contributed by atoms with Gasteiger partial charge in [-0.1, -0.05) is 24.3 Å². The van der Waals surface area contributed by atoms with E-state index in [1.165, 1.54) is 5.57 Å². The minimum absolute atomic E-state index is 0.00744. The van der Waals surface area contributed by atoms with Gasteiger partial charge in [0.05, 0.1) is 15.2 Å². The summed E-state index contributed by atoms with van der Waals surface area (Å²) in [4.78, 5) is 19.5. The predicted octanol–water partition coefficient (Wildman–Crippen LogP) is 4.72. The van der Waals surface area contributed by atoms with E-state index in [1.807, 2.05) is 43.5 Å². The number of hydrogen-bond acceptors (Lipinski definition) is 4. The van der Waals surface area contributed by atoms with Crippen molar-refractivity contribution in [1.82, 2.24) is 15.2 Å². The van der Waals surface area contributed by atoms with Crippen LogP contribution in [-0.4, -0.2) is 28.9 Å². The standard InChI is InChI=1S/C24H23N3OS/c1-16-26-22-8-6-19(13-23(22)29-16)18-3-2-4-21-7-5-20(15-27(21)24(28)14-18)17-9-11-25-12-10-17/h2-8,13-15,17,25H,9-12H2,1H3/b3-2?,18-14?,21-4+. The maximum atomic E-state index is 13.2. The summed E-state index contributed by atoms with van der Waals surface area (Å²) in [5, 5.41) is 4.46. The maximum absolute atomic E-state index is 13.2. The van der Waals surface area contributed by atoms with Crippen molar-refractivity contribution in [2.45, 2.75) is 19.8 Å². The van der Waals surface area contributed by atoms with Crippen molar-refractivity contribution in [1.29, 1.82) is 0 Å². The molecular formula is C24H23N3OS. The second kappa shape index (κ2) is 7.58. The Morgan fingerprint density at radius 1 is 1.17 bits per heavy atom. The van der Waals surface area contributed by atoms with Crippen LogP contribution >= 0.6 is 11.3 Å². The summed E-state index contributed by atoms with van der Waals surface area (Å²) in [7, 11) is 0. The zero-order chi connectivity index (χ0) is 19.8. The molecule has 146 valence electrons. The highest BCUT2D eigenvalue weighted by molar-refractivity contribution is 7.18. The molecule has 4 nitrogen and oxygen atoms in total. The summed E-state index contributed by atoms with van der Waals surface area (Å²) in [5.74, 6) is 0.509. The first kappa shape index (κ1) is 18.3. The molecule has 1 amide bonds. The molecule has 29 heavy (non-hydrogen) atoms. The number of nitrogens with one attached hydrogen (secondary N) is 1. The van der Waals surface area contributed by atoms with E-state index in [1.54, 1.807) is 22.3 Å². The van der Waals surface area contributed by atoms with Crippen molar-refractivity contribution in [3.05, 3.63) is 82.7 Å². The van der Waals surface area contributed by atoms with E-state index in [0.29, 0.717) is 5.92 Å². The number of amides is 1. The summed E-state index contributed by atoms with van der Waals surface area (Å²) >= 11 is 1.68. The van der Waals surface area contributed by atoms with Crippen LogP contribution in [0.3, 0.4) is 0 Å². The Kier molecular flexibility index (Phi) is 4.78. The molecule has 0 radical (unpaired) electrons. The highest BCUT2D eigenvalue weighted by atomic mass is 32.1. The molecule has 5 rings (SSSR count). The van der Waals surface area contributed by atoms with Gasteiger partial charge in [-0.3, -0.25) is 9.69 Å². The summed E-state index contributed by atoms with van der Waals surface area (Å²) in [6.45, 7) is 4.10. The van der Waals surface area contributed by atoms with Crippen LogP contribution in [0.4, 0.5) is 0 Å². The van der Waals surface area contributed by atoms with Gasteiger partial charge in [-0.2, -0.15) is 0 Å². The lowest BCUT2D eigenvalue weighted by molar-refractivity contribution is -0.122. The number of thiazole rings is 1. The van der Waals surface area contributed by atoms with Gasteiger partial charge in [-0.05, 0) is 79.8 Å². The van der Waals surface area contributed by atoms with Crippen LogP contribution < -0.4 is 5.32 Å². The number of aromatic nitrogens is 1. The molecule has 1 N–H and O–H groups in total. The summed E-state index contributed by atoms with van der Waals surface area (Å²) in [6.07, 6.45) is 16.3. The van der Waals surface area contributed by atoms with Crippen LogP contribution in [0, 0.1) is 12.8 Å². The van der Waals surface area contributed by atoms with Crippen molar-refractivity contribution in [3.63, 3.8) is 0 Å². The van der Waals surface area contributed by atoms with Crippen molar-refractivity contribution in [2.75, 3.05) is 13.1 Å². The molecule has 1 fully saturated rings. The first-order chi connectivity index (χ1) is 14.2. The second-order valence-corrected chi connectivity index (χ2v) is 8.90. The number of allylic oxidation sites excluding steroid dienone is 7. The molecule has 0 atom stereocenters. The van der Waals surface area contributed by atoms with E-state index in [2.05, 4.69) is 28.5 Å². The maximum Gasteiger partial charge on any atom is 0.255 e. The largest absolute Gasteiger partial charge is 0.317 e. The lowest BCUT2D eigenvalue weighted by Gasteiger charge is -2.29. The van der Waals surface area contributed by atoms with Gasteiger partial charge in [-0.15, -0.1) is 11.3 Å². The topological polar surface area (TPSA) is 45.2 Å². The average molecular weight is 402 g/mol. The molecule has 5 heteroatoms. The van der Waals surface area contributed by atoms with Crippen molar-refractivity contribution in [2.24, 2.45) is 5.92 Å². The lowest BCUT2D eigenvalue weighted by atomic mass is 9.88. The Hall–Kier alpha value is -2.76. The van der Waals surface area contributed by atoms with Gasteiger partial charge >= 0.3 is 0 Å². The highest BCUT2D eigenvalue weighted by Crippen LogP contribution is 2.31. The molecule has 0 unspecified atom stereocenters. The molecule has 4 heterocycles. The van der Waals surface area contributed by atoms with Gasteiger partial charge in [0.15, 0.2) is 0 Å². The zero-order valence-corrected chi connectivity index (χ0v) is 17.2. The summed E-state index contributed by atoms with van der Waals surface area (Å²) in [6, 6.07) is 6.21. The SMILES string of the molecule is Cc1nc2ccc(C3=CC(=O)N4C=C(C5CCNCC5)C=C/C4=C\C=C3)cc2s1. The van der Waals surface area contributed by atoms with E-state index >= 15 is 0 Å². The molecule has 1 aromatic carbocycles. The molecule has 0 bridgehead atoms. The van der Waals surface area contributed by atoms with Crippen molar-refractivity contribution < 1.29 is 4.79 Å². The van der Waals surface area contributed by atoms with Gasteiger partial charge in [0.25, 0.3) is 5.91 Å². The number of nitrogens with zero attached hydrogens (tertiary/aromatic N) is 2. The first-order valence-corrected chi connectivity index (χ1v) is 10.9. The van der Waals surface area contributed by atoms with E-state index in [-0.39, 0.29) is 5.91 Å². The molecule has 3 aliphatic heterocycles.